The van der Waals surface area contributed by atoms with Crippen LogP contribution in [-0.4, -0.2) is 17.5 Å². The molecule has 0 fully saturated rings. The van der Waals surface area contributed by atoms with Crippen LogP contribution < -0.4 is 5.73 Å². The van der Waals surface area contributed by atoms with Crippen LogP contribution in [0.15, 0.2) is 53.4 Å². The summed E-state index contributed by atoms with van der Waals surface area (Å²) in [6.45, 7) is 0.122. The molecule has 0 spiro atoms. The fourth-order valence-corrected chi connectivity index (χ4v) is 2.97. The number of amides is 2. The molecule has 0 bridgehead atoms. The molecule has 3 nitrogen and oxygen atoms in total. The van der Waals surface area contributed by atoms with Crippen LogP contribution in [-0.2, 0) is 0 Å². The van der Waals surface area contributed by atoms with E-state index in [9.17, 15) is 13.6 Å². The summed E-state index contributed by atoms with van der Waals surface area (Å²) in [6, 6.07) is 9.47. The number of carbonyl (C=O) groups excluding carboxylic acids is 1. The SMILES string of the molecule is NC(=O)N1CC(c2cc(F)ccc2F)=CC1c1cccc(S)c1. The molecule has 1 heterocycles. The highest BCUT2D eigenvalue weighted by atomic mass is 32.1. The number of urea groups is 1. The van der Waals surface area contributed by atoms with E-state index in [0.717, 1.165) is 28.7 Å². The van der Waals surface area contributed by atoms with Gasteiger partial charge in [0.15, 0.2) is 0 Å². The zero-order chi connectivity index (χ0) is 16.6. The maximum atomic E-state index is 14.0. The van der Waals surface area contributed by atoms with Crippen molar-refractivity contribution in [3.05, 3.63) is 71.3 Å². The maximum absolute atomic E-state index is 14.0. The van der Waals surface area contributed by atoms with Gasteiger partial charge in [0.25, 0.3) is 0 Å². The number of rotatable bonds is 2. The molecule has 0 aromatic heterocycles. The molecule has 2 amide bonds. The third-order valence-electron chi connectivity index (χ3n) is 3.80. The minimum Gasteiger partial charge on any atom is -0.351 e. The third kappa shape index (κ3) is 3.07. The highest BCUT2D eigenvalue weighted by Gasteiger charge is 2.30. The molecule has 1 unspecified atom stereocenters. The van der Waals surface area contributed by atoms with Gasteiger partial charge in [-0.05, 0) is 41.5 Å². The normalized spacial score (nSPS) is 17.3. The Bertz CT molecular complexity index is 807. The molecular formula is C17H14F2N2OS. The van der Waals surface area contributed by atoms with Gasteiger partial charge in [-0.25, -0.2) is 13.6 Å². The number of halogens is 2. The van der Waals surface area contributed by atoms with Crippen molar-refractivity contribution in [1.82, 2.24) is 4.90 Å². The van der Waals surface area contributed by atoms with Crippen molar-refractivity contribution in [3.8, 4) is 0 Å². The number of hydrogen-bond acceptors (Lipinski definition) is 2. The Morgan fingerprint density at radius 3 is 2.70 bits per heavy atom. The van der Waals surface area contributed by atoms with Gasteiger partial charge in [0.1, 0.15) is 11.6 Å². The van der Waals surface area contributed by atoms with E-state index in [1.807, 2.05) is 24.3 Å². The number of hydrogen-bond donors (Lipinski definition) is 2. The monoisotopic (exact) mass is 332 g/mol. The van der Waals surface area contributed by atoms with Gasteiger partial charge >= 0.3 is 6.03 Å². The minimum absolute atomic E-state index is 0.122. The van der Waals surface area contributed by atoms with E-state index in [4.69, 9.17) is 5.73 Å². The van der Waals surface area contributed by atoms with Gasteiger partial charge in [0.05, 0.1) is 6.04 Å². The standard InChI is InChI=1S/C17H14F2N2OS/c18-12-4-5-15(19)14(8-12)11-7-16(21(9-11)17(20)22)10-2-1-3-13(23)6-10/h1-8,16,23H,9H2,(H2,20,22). The fourth-order valence-electron chi connectivity index (χ4n) is 2.73. The number of nitrogens with zero attached hydrogens (tertiary/aromatic N) is 1. The lowest BCUT2D eigenvalue weighted by Crippen LogP contribution is -2.36. The van der Waals surface area contributed by atoms with E-state index in [1.54, 1.807) is 6.08 Å². The predicted octanol–water partition coefficient (Wildman–Crippen LogP) is 3.77. The molecule has 23 heavy (non-hydrogen) atoms. The molecule has 0 saturated heterocycles. The molecule has 0 aliphatic carbocycles. The van der Waals surface area contributed by atoms with E-state index in [-0.39, 0.29) is 12.1 Å². The lowest BCUT2D eigenvalue weighted by Gasteiger charge is -2.23. The number of nitrogens with two attached hydrogens (primary N) is 1. The van der Waals surface area contributed by atoms with Crippen LogP contribution in [0.3, 0.4) is 0 Å². The summed E-state index contributed by atoms with van der Waals surface area (Å²) in [4.78, 5) is 13.9. The molecule has 2 N–H and O–H groups in total. The van der Waals surface area contributed by atoms with Crippen molar-refractivity contribution in [2.24, 2.45) is 5.73 Å². The number of thiol groups is 1. The maximum Gasteiger partial charge on any atom is 0.315 e. The molecule has 3 rings (SSSR count). The van der Waals surface area contributed by atoms with E-state index >= 15 is 0 Å². The Balaban J connectivity index is 2.05. The molecule has 0 radical (unpaired) electrons. The van der Waals surface area contributed by atoms with Gasteiger partial charge in [0, 0.05) is 17.0 Å². The number of benzene rings is 2. The summed E-state index contributed by atoms with van der Waals surface area (Å²) in [5.41, 5.74) is 6.91. The Labute approximate surface area is 137 Å². The van der Waals surface area contributed by atoms with Crippen LogP contribution >= 0.6 is 12.6 Å². The summed E-state index contributed by atoms with van der Waals surface area (Å²) in [5.74, 6) is -1.07. The van der Waals surface area contributed by atoms with Gasteiger partial charge in [0.2, 0.25) is 0 Å². The Morgan fingerprint density at radius 2 is 2.00 bits per heavy atom. The van der Waals surface area contributed by atoms with E-state index in [2.05, 4.69) is 12.6 Å². The third-order valence-corrected chi connectivity index (χ3v) is 4.08. The highest BCUT2D eigenvalue weighted by molar-refractivity contribution is 7.80. The lowest BCUT2D eigenvalue weighted by atomic mass is 10.0. The first-order chi connectivity index (χ1) is 11.0. The summed E-state index contributed by atoms with van der Waals surface area (Å²) < 4.78 is 27.4. The Kier molecular flexibility index (Phi) is 4.09. The second kappa shape index (κ2) is 6.04. The fraction of sp³-hybridized carbons (Fsp3) is 0.118. The molecule has 2 aromatic rings. The van der Waals surface area contributed by atoms with Gasteiger partial charge in [-0.2, -0.15) is 0 Å². The van der Waals surface area contributed by atoms with Crippen LogP contribution in [0.2, 0.25) is 0 Å². The lowest BCUT2D eigenvalue weighted by molar-refractivity contribution is 0.207. The van der Waals surface area contributed by atoms with Gasteiger partial charge in [-0.15, -0.1) is 12.6 Å². The first-order valence-electron chi connectivity index (χ1n) is 6.97. The molecule has 0 saturated carbocycles. The quantitative estimate of drug-likeness (QED) is 0.808. The first-order valence-corrected chi connectivity index (χ1v) is 7.41. The summed E-state index contributed by atoms with van der Waals surface area (Å²) >= 11 is 4.29. The summed E-state index contributed by atoms with van der Waals surface area (Å²) in [6.07, 6.45) is 1.73. The molecule has 1 aliphatic rings. The smallest absolute Gasteiger partial charge is 0.315 e. The van der Waals surface area contributed by atoms with Crippen LogP contribution in [0.5, 0.6) is 0 Å². The molecule has 2 aromatic carbocycles. The van der Waals surface area contributed by atoms with Crippen molar-refractivity contribution in [3.63, 3.8) is 0 Å². The second-order valence-electron chi connectivity index (χ2n) is 5.32. The summed E-state index contributed by atoms with van der Waals surface area (Å²) in [5, 5.41) is 0. The van der Waals surface area contributed by atoms with Crippen molar-refractivity contribution in [1.29, 1.82) is 0 Å². The van der Waals surface area contributed by atoms with Gasteiger partial charge < -0.3 is 10.6 Å². The average Bonchev–Trinajstić information content (AvgIpc) is 2.95. The number of carbonyl (C=O) groups is 1. The zero-order valence-corrected chi connectivity index (χ0v) is 12.9. The van der Waals surface area contributed by atoms with E-state index in [1.165, 1.54) is 4.90 Å². The average molecular weight is 332 g/mol. The van der Waals surface area contributed by atoms with Gasteiger partial charge in [-0.3, -0.25) is 0 Å². The van der Waals surface area contributed by atoms with E-state index < -0.39 is 23.7 Å². The molecular weight excluding hydrogens is 318 g/mol. The number of primary amides is 1. The zero-order valence-electron chi connectivity index (χ0n) is 12.0. The molecule has 6 heteroatoms. The van der Waals surface area contributed by atoms with Crippen LogP contribution in [0.4, 0.5) is 13.6 Å². The predicted molar refractivity (Wildman–Crippen MR) is 87.1 cm³/mol. The highest BCUT2D eigenvalue weighted by Crippen LogP contribution is 2.35. The molecule has 118 valence electrons. The largest absolute Gasteiger partial charge is 0.351 e. The van der Waals surface area contributed by atoms with Crippen LogP contribution in [0, 0.1) is 11.6 Å². The van der Waals surface area contributed by atoms with Crippen molar-refractivity contribution in [2.45, 2.75) is 10.9 Å². The first kappa shape index (κ1) is 15.6. The molecule has 1 atom stereocenters. The topological polar surface area (TPSA) is 46.3 Å². The Morgan fingerprint density at radius 1 is 1.22 bits per heavy atom. The summed E-state index contributed by atoms with van der Waals surface area (Å²) in [7, 11) is 0. The second-order valence-corrected chi connectivity index (χ2v) is 5.84. The Hall–Kier alpha value is -2.34. The van der Waals surface area contributed by atoms with E-state index in [0.29, 0.717) is 5.57 Å². The van der Waals surface area contributed by atoms with Crippen LogP contribution in [0.25, 0.3) is 5.57 Å². The minimum atomic E-state index is -0.623. The van der Waals surface area contributed by atoms with Crippen molar-refractivity contribution in [2.75, 3.05) is 6.54 Å². The van der Waals surface area contributed by atoms with Crippen LogP contribution in [0.1, 0.15) is 17.2 Å². The van der Waals surface area contributed by atoms with Crippen molar-refractivity contribution < 1.29 is 13.6 Å². The van der Waals surface area contributed by atoms with Gasteiger partial charge in [-0.1, -0.05) is 18.2 Å². The molecule has 1 aliphatic heterocycles. The van der Waals surface area contributed by atoms with Crippen molar-refractivity contribution >= 4 is 24.2 Å².